The van der Waals surface area contributed by atoms with Crippen LogP contribution in [-0.4, -0.2) is 47.0 Å². The number of hydrogen-bond donors (Lipinski definition) is 0. The Hall–Kier alpha value is -3.07. The lowest BCUT2D eigenvalue weighted by Gasteiger charge is -2.35. The molecular formula is C22H20ClF3N4O2. The first kappa shape index (κ1) is 22.1. The van der Waals surface area contributed by atoms with Crippen LogP contribution >= 0.6 is 11.6 Å². The van der Waals surface area contributed by atoms with E-state index in [0.29, 0.717) is 43.5 Å². The summed E-state index contributed by atoms with van der Waals surface area (Å²) in [5.41, 5.74) is 0.533. The fraction of sp³-hybridized carbons (Fsp3) is 0.318. The highest BCUT2D eigenvalue weighted by atomic mass is 35.5. The molecule has 3 aromatic rings. The molecule has 1 aliphatic rings. The van der Waals surface area contributed by atoms with Crippen molar-refractivity contribution in [2.75, 3.05) is 31.1 Å². The van der Waals surface area contributed by atoms with Gasteiger partial charge in [0, 0.05) is 37.9 Å². The highest BCUT2D eigenvalue weighted by Gasteiger charge is 2.32. The first-order chi connectivity index (χ1) is 15.2. The number of aromatic nitrogens is 2. The molecule has 1 saturated heterocycles. The zero-order valence-electron chi connectivity index (χ0n) is 17.2. The van der Waals surface area contributed by atoms with Crippen molar-refractivity contribution in [2.45, 2.75) is 19.5 Å². The van der Waals surface area contributed by atoms with Gasteiger partial charge in [-0.2, -0.15) is 13.2 Å². The molecule has 4 rings (SSSR count). The predicted molar refractivity (Wildman–Crippen MR) is 113 cm³/mol. The van der Waals surface area contributed by atoms with Crippen molar-refractivity contribution in [2.24, 2.45) is 0 Å². The van der Waals surface area contributed by atoms with Crippen LogP contribution < -0.4 is 4.90 Å². The highest BCUT2D eigenvalue weighted by Crippen LogP contribution is 2.33. The van der Waals surface area contributed by atoms with Crippen LogP contribution in [0.1, 0.15) is 17.0 Å². The van der Waals surface area contributed by atoms with Crippen molar-refractivity contribution >= 4 is 23.3 Å². The summed E-state index contributed by atoms with van der Waals surface area (Å²) in [5, 5.41) is -0.0636. The van der Waals surface area contributed by atoms with Crippen LogP contribution in [0.25, 0.3) is 11.5 Å². The molecule has 2 aromatic heterocycles. The fourth-order valence-corrected chi connectivity index (χ4v) is 3.82. The molecule has 1 aromatic carbocycles. The average molecular weight is 465 g/mol. The molecule has 1 fully saturated rings. The molecule has 0 unspecified atom stereocenters. The minimum Gasteiger partial charge on any atom is -0.441 e. The van der Waals surface area contributed by atoms with Gasteiger partial charge in [0.2, 0.25) is 11.8 Å². The van der Waals surface area contributed by atoms with Crippen molar-refractivity contribution in [3.05, 3.63) is 64.6 Å². The first-order valence-corrected chi connectivity index (χ1v) is 10.4. The molecule has 0 aliphatic carbocycles. The summed E-state index contributed by atoms with van der Waals surface area (Å²) < 4.78 is 44.2. The number of carbonyl (C=O) groups is 1. The summed E-state index contributed by atoms with van der Waals surface area (Å²) in [7, 11) is 0. The zero-order valence-corrected chi connectivity index (χ0v) is 18.0. The minimum atomic E-state index is -4.50. The van der Waals surface area contributed by atoms with Crippen LogP contribution in [0, 0.1) is 6.92 Å². The van der Waals surface area contributed by atoms with Crippen LogP contribution in [0.5, 0.6) is 0 Å². The third-order valence-electron chi connectivity index (χ3n) is 5.31. The van der Waals surface area contributed by atoms with Crippen LogP contribution in [0.15, 0.2) is 47.0 Å². The molecule has 32 heavy (non-hydrogen) atoms. The molecule has 1 amide bonds. The molecule has 168 valence electrons. The Bertz CT molecular complexity index is 1110. The van der Waals surface area contributed by atoms with Crippen molar-refractivity contribution < 1.29 is 22.4 Å². The van der Waals surface area contributed by atoms with E-state index in [9.17, 15) is 18.0 Å². The molecule has 0 spiro atoms. The number of pyridine rings is 1. The second-order valence-corrected chi connectivity index (χ2v) is 7.87. The van der Waals surface area contributed by atoms with Gasteiger partial charge in [0.05, 0.1) is 22.7 Å². The van der Waals surface area contributed by atoms with Gasteiger partial charge in [-0.3, -0.25) is 4.79 Å². The Morgan fingerprint density at radius 3 is 2.47 bits per heavy atom. The summed E-state index contributed by atoms with van der Waals surface area (Å²) in [5.74, 6) is 1.26. The number of alkyl halides is 3. The third-order valence-corrected chi connectivity index (χ3v) is 5.59. The van der Waals surface area contributed by atoms with Gasteiger partial charge in [-0.15, -0.1) is 0 Å². The van der Waals surface area contributed by atoms with Crippen LogP contribution in [0.2, 0.25) is 5.02 Å². The lowest BCUT2D eigenvalue weighted by molar-refractivity contribution is -0.137. The van der Waals surface area contributed by atoms with Gasteiger partial charge >= 0.3 is 6.18 Å². The van der Waals surface area contributed by atoms with E-state index in [2.05, 4.69) is 9.97 Å². The predicted octanol–water partition coefficient (Wildman–Crippen LogP) is 4.61. The van der Waals surface area contributed by atoms with E-state index >= 15 is 0 Å². The van der Waals surface area contributed by atoms with Gasteiger partial charge in [-0.05, 0) is 25.1 Å². The number of benzene rings is 1. The van der Waals surface area contributed by atoms with E-state index in [1.807, 2.05) is 30.3 Å². The number of anilines is 1. The maximum Gasteiger partial charge on any atom is 0.417 e. The maximum atomic E-state index is 12.8. The summed E-state index contributed by atoms with van der Waals surface area (Å²) in [6.07, 6.45) is -3.61. The van der Waals surface area contributed by atoms with Crippen LogP contribution in [0.4, 0.5) is 19.0 Å². The Kier molecular flexibility index (Phi) is 6.10. The molecule has 0 bridgehead atoms. The molecule has 1 aliphatic heterocycles. The summed E-state index contributed by atoms with van der Waals surface area (Å²) in [4.78, 5) is 24.6. The van der Waals surface area contributed by atoms with Gasteiger partial charge in [0.25, 0.3) is 0 Å². The molecule has 0 radical (unpaired) electrons. The molecule has 0 atom stereocenters. The smallest absolute Gasteiger partial charge is 0.417 e. The van der Waals surface area contributed by atoms with Crippen molar-refractivity contribution in [1.29, 1.82) is 0 Å². The Morgan fingerprint density at radius 2 is 1.84 bits per heavy atom. The second-order valence-electron chi connectivity index (χ2n) is 7.46. The van der Waals surface area contributed by atoms with Gasteiger partial charge < -0.3 is 14.2 Å². The topological polar surface area (TPSA) is 62.5 Å². The Labute approximate surface area is 187 Å². The number of halogens is 4. The fourth-order valence-electron chi connectivity index (χ4n) is 3.54. The second kappa shape index (κ2) is 8.82. The van der Waals surface area contributed by atoms with E-state index in [1.54, 1.807) is 16.7 Å². The quantitative estimate of drug-likeness (QED) is 0.564. The maximum absolute atomic E-state index is 12.8. The average Bonchev–Trinajstić information content (AvgIpc) is 3.14. The van der Waals surface area contributed by atoms with E-state index < -0.39 is 11.7 Å². The number of piperazine rings is 1. The van der Waals surface area contributed by atoms with Gasteiger partial charge in [-0.1, -0.05) is 29.8 Å². The van der Waals surface area contributed by atoms with E-state index in [4.69, 9.17) is 16.0 Å². The van der Waals surface area contributed by atoms with Crippen LogP contribution in [-0.2, 0) is 17.4 Å². The molecule has 3 heterocycles. The highest BCUT2D eigenvalue weighted by molar-refractivity contribution is 6.33. The largest absolute Gasteiger partial charge is 0.441 e. The van der Waals surface area contributed by atoms with Gasteiger partial charge in [0.1, 0.15) is 11.6 Å². The van der Waals surface area contributed by atoms with E-state index in [-0.39, 0.29) is 23.2 Å². The molecule has 10 heteroatoms. The molecule has 6 nitrogen and oxygen atoms in total. The van der Waals surface area contributed by atoms with Crippen molar-refractivity contribution in [3.63, 3.8) is 0 Å². The monoisotopic (exact) mass is 464 g/mol. The van der Waals surface area contributed by atoms with E-state index in [0.717, 1.165) is 17.8 Å². The lowest BCUT2D eigenvalue weighted by atomic mass is 10.2. The molecular weight excluding hydrogens is 445 g/mol. The number of amides is 1. The van der Waals surface area contributed by atoms with Gasteiger partial charge in [-0.25, -0.2) is 9.97 Å². The van der Waals surface area contributed by atoms with Crippen LogP contribution in [0.3, 0.4) is 0 Å². The van der Waals surface area contributed by atoms with Crippen molar-refractivity contribution in [1.82, 2.24) is 14.9 Å². The Morgan fingerprint density at radius 1 is 1.16 bits per heavy atom. The zero-order chi connectivity index (χ0) is 22.9. The minimum absolute atomic E-state index is 0.0636. The molecule has 0 N–H and O–H groups in total. The first-order valence-electron chi connectivity index (χ1n) is 9.99. The van der Waals surface area contributed by atoms with Crippen molar-refractivity contribution in [3.8, 4) is 11.5 Å². The number of hydrogen-bond acceptors (Lipinski definition) is 5. The normalized spacial score (nSPS) is 14.7. The third kappa shape index (κ3) is 4.72. The number of rotatable bonds is 4. The summed E-state index contributed by atoms with van der Waals surface area (Å²) in [6.45, 7) is 3.41. The lowest BCUT2D eigenvalue weighted by Crippen LogP contribution is -2.49. The van der Waals surface area contributed by atoms with E-state index in [1.165, 1.54) is 0 Å². The SMILES string of the molecule is Cc1oc(-c2ccccc2)nc1CC(=O)N1CCN(c2ncc(C(F)(F)F)cc2Cl)CC1. The molecule has 0 saturated carbocycles. The summed E-state index contributed by atoms with van der Waals surface area (Å²) in [6, 6.07) is 10.3. The number of nitrogens with zero attached hydrogens (tertiary/aromatic N) is 4. The number of aryl methyl sites for hydroxylation is 1. The number of oxazole rings is 1. The summed E-state index contributed by atoms with van der Waals surface area (Å²) >= 11 is 6.04. The van der Waals surface area contributed by atoms with Gasteiger partial charge in [0.15, 0.2) is 0 Å². The standard InChI is InChI=1S/C22H20ClF3N4O2/c1-14-18(28-21(32-14)15-5-3-2-4-6-15)12-19(31)29-7-9-30(10-8-29)20-17(23)11-16(13-27-20)22(24,25)26/h2-6,11,13H,7-10,12H2,1H3. The number of carbonyl (C=O) groups excluding carboxylic acids is 1. The Balaban J connectivity index is 1.38.